The maximum atomic E-state index is 14.6. The van der Waals surface area contributed by atoms with E-state index in [1.54, 1.807) is 24.3 Å². The molecular weight excluding hydrogens is 669 g/mol. The first-order valence-corrected chi connectivity index (χ1v) is 20.4. The summed E-state index contributed by atoms with van der Waals surface area (Å²) in [5.74, 6) is 0. The first kappa shape index (κ1) is 36.4. The molecule has 2 N–H and O–H groups in total. The second kappa shape index (κ2) is 14.1. The minimum absolute atomic E-state index is 0.272. The lowest BCUT2D eigenvalue weighted by molar-refractivity contribution is -0.568. The standard InChI is InChI=1S/C48H50N2O2S/c1-8-49-41-30-27-34-17-13-15-21-39(34)44(41)47(4,5)33(3)23-24-36-25-26-37(46(36)53(51,52)38-19-11-10-12-20-38)29-32-43-48(6,7)45-40-22-16-14-18-35(40)28-31-42(45)50(43)9-2/h10-24,27-32,49H,3,8-9,25-26H2,1-2,4-7H3/p+1/b24-23+,37-29+,43-32+. The van der Waals surface area contributed by atoms with Gasteiger partial charge in [0.05, 0.1) is 16.3 Å². The van der Waals surface area contributed by atoms with Crippen LogP contribution in [0.15, 0.2) is 166 Å². The smallest absolute Gasteiger partial charge is 0.207 e. The van der Waals surface area contributed by atoms with E-state index in [4.69, 9.17) is 0 Å². The minimum atomic E-state index is -3.81. The van der Waals surface area contributed by atoms with Crippen molar-refractivity contribution in [3.63, 3.8) is 0 Å². The van der Waals surface area contributed by atoms with Gasteiger partial charge >= 0.3 is 0 Å². The molecule has 5 heteroatoms. The Balaban J connectivity index is 1.32. The molecule has 0 unspecified atom stereocenters. The topological polar surface area (TPSA) is 54.0 Å². The SMILES string of the molecule is C=C(/C=C/C1=C(S(=O)(=O)c2ccccc2)C(=C/C=C2/N(CC)c3ccc4ccccc4c3C2(C)C)/CC1)C(C)(C)c1c([NH2+]CC)ccc2ccccc12. The number of nitrogens with two attached hydrogens (primary N) is 1. The van der Waals surface area contributed by atoms with Gasteiger partial charge in [0.25, 0.3) is 0 Å². The van der Waals surface area contributed by atoms with Crippen molar-refractivity contribution in [3.05, 3.63) is 172 Å². The van der Waals surface area contributed by atoms with Crippen molar-refractivity contribution >= 4 is 42.8 Å². The Morgan fingerprint density at radius 3 is 2.17 bits per heavy atom. The number of allylic oxidation sites excluding steroid dienone is 8. The summed E-state index contributed by atoms with van der Waals surface area (Å²) in [7, 11) is -3.81. The number of likely N-dealkylation sites (N-methyl/N-ethyl adjacent to an activating group) is 1. The molecule has 0 amide bonds. The fourth-order valence-corrected chi connectivity index (χ4v) is 10.4. The van der Waals surface area contributed by atoms with Gasteiger partial charge in [-0.1, -0.05) is 125 Å². The third kappa shape index (κ3) is 6.30. The van der Waals surface area contributed by atoms with Crippen molar-refractivity contribution in [1.82, 2.24) is 0 Å². The predicted molar refractivity (Wildman–Crippen MR) is 223 cm³/mol. The zero-order valence-electron chi connectivity index (χ0n) is 31.9. The summed E-state index contributed by atoms with van der Waals surface area (Å²) in [4.78, 5) is 3.11. The van der Waals surface area contributed by atoms with Gasteiger partial charge in [-0.25, -0.2) is 8.42 Å². The van der Waals surface area contributed by atoms with Crippen molar-refractivity contribution in [1.29, 1.82) is 0 Å². The number of rotatable bonds is 10. The van der Waals surface area contributed by atoms with Gasteiger partial charge in [-0.2, -0.15) is 0 Å². The molecular formula is C48H51N2O2S+. The number of nitrogens with zero attached hydrogens (tertiary/aromatic N) is 1. The Bertz CT molecular complexity index is 2480. The van der Waals surface area contributed by atoms with Gasteiger partial charge in [-0.05, 0) is 107 Å². The van der Waals surface area contributed by atoms with E-state index in [1.165, 1.54) is 49.7 Å². The van der Waals surface area contributed by atoms with E-state index in [1.807, 2.05) is 12.1 Å². The Labute approximate surface area is 315 Å². The van der Waals surface area contributed by atoms with E-state index in [9.17, 15) is 8.42 Å². The molecule has 2 aliphatic rings. The van der Waals surface area contributed by atoms with Crippen molar-refractivity contribution in [3.8, 4) is 0 Å². The molecule has 5 aromatic rings. The lowest BCUT2D eigenvalue weighted by atomic mass is 9.75. The van der Waals surface area contributed by atoms with Crippen LogP contribution in [0.25, 0.3) is 21.5 Å². The second-order valence-electron chi connectivity index (χ2n) is 15.3. The number of hydrogen-bond donors (Lipinski definition) is 1. The molecule has 0 aromatic heterocycles. The van der Waals surface area contributed by atoms with Crippen molar-refractivity contribution in [2.75, 3.05) is 18.0 Å². The van der Waals surface area contributed by atoms with Crippen LogP contribution in [0.3, 0.4) is 0 Å². The summed E-state index contributed by atoms with van der Waals surface area (Å²) in [6.07, 6.45) is 9.59. The molecule has 7 rings (SSSR count). The molecule has 0 saturated heterocycles. The Kier molecular flexibility index (Phi) is 9.69. The monoisotopic (exact) mass is 719 g/mol. The van der Waals surface area contributed by atoms with Crippen LogP contribution in [0, 0.1) is 0 Å². The van der Waals surface area contributed by atoms with Crippen molar-refractivity contribution < 1.29 is 13.7 Å². The summed E-state index contributed by atoms with van der Waals surface area (Å²) in [6, 6.07) is 34.8. The quantitative estimate of drug-likeness (QED) is 0.115. The summed E-state index contributed by atoms with van der Waals surface area (Å²) in [6.45, 7) is 19.7. The highest BCUT2D eigenvalue weighted by Crippen LogP contribution is 2.51. The number of hydrogen-bond acceptors (Lipinski definition) is 3. The fourth-order valence-electron chi connectivity index (χ4n) is 8.58. The zero-order valence-corrected chi connectivity index (χ0v) is 32.7. The van der Waals surface area contributed by atoms with Crippen LogP contribution >= 0.6 is 0 Å². The molecule has 0 spiro atoms. The van der Waals surface area contributed by atoms with Crippen LogP contribution in [0.5, 0.6) is 0 Å². The van der Waals surface area contributed by atoms with E-state index in [2.05, 4.69) is 149 Å². The maximum Gasteiger partial charge on any atom is 0.207 e. The van der Waals surface area contributed by atoms with Crippen molar-refractivity contribution in [2.45, 2.75) is 70.1 Å². The predicted octanol–water partition coefficient (Wildman–Crippen LogP) is 10.7. The average Bonchev–Trinajstić information content (AvgIpc) is 3.68. The molecule has 0 fully saturated rings. The molecule has 0 radical (unpaired) electrons. The molecule has 1 aliphatic heterocycles. The van der Waals surface area contributed by atoms with Crippen LogP contribution in [-0.2, 0) is 20.7 Å². The maximum absolute atomic E-state index is 14.6. The van der Waals surface area contributed by atoms with Gasteiger partial charge in [0.15, 0.2) is 0 Å². The third-order valence-corrected chi connectivity index (χ3v) is 13.3. The van der Waals surface area contributed by atoms with Crippen LogP contribution in [0.4, 0.5) is 11.4 Å². The van der Waals surface area contributed by atoms with E-state index in [0.717, 1.165) is 29.8 Å². The highest BCUT2D eigenvalue weighted by molar-refractivity contribution is 7.95. The van der Waals surface area contributed by atoms with Crippen molar-refractivity contribution in [2.24, 2.45) is 0 Å². The molecule has 4 nitrogen and oxygen atoms in total. The summed E-state index contributed by atoms with van der Waals surface area (Å²) in [5.41, 5.74) is 8.07. The van der Waals surface area contributed by atoms with Gasteiger partial charge in [-0.15, -0.1) is 0 Å². The molecule has 270 valence electrons. The Hall–Kier alpha value is -4.97. The molecule has 53 heavy (non-hydrogen) atoms. The second-order valence-corrected chi connectivity index (χ2v) is 17.2. The Morgan fingerprint density at radius 2 is 1.47 bits per heavy atom. The summed E-state index contributed by atoms with van der Waals surface area (Å²) >= 11 is 0. The molecule has 0 atom stereocenters. The van der Waals surface area contributed by atoms with E-state index in [0.29, 0.717) is 22.6 Å². The number of quaternary nitrogens is 1. The molecule has 0 saturated carbocycles. The first-order valence-electron chi connectivity index (χ1n) is 18.9. The van der Waals surface area contributed by atoms with Crippen LogP contribution < -0.4 is 10.2 Å². The normalized spacial score (nSPS) is 17.6. The van der Waals surface area contributed by atoms with Gasteiger partial charge in [0.1, 0.15) is 5.69 Å². The lowest BCUT2D eigenvalue weighted by Gasteiger charge is -2.29. The molecule has 5 aromatic carbocycles. The highest BCUT2D eigenvalue weighted by Gasteiger charge is 2.41. The summed E-state index contributed by atoms with van der Waals surface area (Å²) < 4.78 is 29.1. The fraction of sp³-hybridized carbons (Fsp3) is 0.250. The average molecular weight is 720 g/mol. The van der Waals surface area contributed by atoms with E-state index >= 15 is 0 Å². The van der Waals surface area contributed by atoms with Crippen LogP contribution in [0.1, 0.15) is 65.5 Å². The lowest BCUT2D eigenvalue weighted by Crippen LogP contribution is -2.77. The summed E-state index contributed by atoms with van der Waals surface area (Å²) in [5, 5.41) is 7.18. The van der Waals surface area contributed by atoms with Crippen LogP contribution in [0.2, 0.25) is 0 Å². The van der Waals surface area contributed by atoms with Crippen LogP contribution in [-0.4, -0.2) is 21.5 Å². The molecule has 1 aliphatic carbocycles. The van der Waals surface area contributed by atoms with E-state index in [-0.39, 0.29) is 5.41 Å². The number of sulfone groups is 1. The minimum Gasteiger partial charge on any atom is -0.344 e. The number of fused-ring (bicyclic) bond motifs is 4. The highest BCUT2D eigenvalue weighted by atomic mass is 32.2. The first-order chi connectivity index (χ1) is 25.4. The largest absolute Gasteiger partial charge is 0.344 e. The van der Waals surface area contributed by atoms with Gasteiger partial charge in [-0.3, -0.25) is 0 Å². The van der Waals surface area contributed by atoms with E-state index < -0.39 is 15.3 Å². The number of anilines is 1. The number of benzene rings is 5. The van der Waals surface area contributed by atoms with Gasteiger partial charge in [0, 0.05) is 34.3 Å². The van der Waals surface area contributed by atoms with Gasteiger partial charge in [0.2, 0.25) is 9.84 Å². The third-order valence-electron chi connectivity index (χ3n) is 11.4. The van der Waals surface area contributed by atoms with Gasteiger partial charge < -0.3 is 10.2 Å². The molecule has 1 heterocycles. The zero-order chi connectivity index (χ0) is 37.5. The molecule has 0 bridgehead atoms. The Morgan fingerprint density at radius 1 is 0.830 bits per heavy atom.